The number of hydrogen-bond donors (Lipinski definition) is 1. The van der Waals surface area contributed by atoms with E-state index in [1.165, 1.54) is 23.1 Å². The minimum atomic E-state index is -4.91. The van der Waals surface area contributed by atoms with Crippen molar-refractivity contribution in [3.63, 3.8) is 0 Å². The number of thiazole rings is 1. The molecule has 2 heterocycles. The summed E-state index contributed by atoms with van der Waals surface area (Å²) in [5.41, 5.74) is -0.146. The lowest BCUT2D eigenvalue weighted by Crippen LogP contribution is -2.46. The minimum Gasteiger partial charge on any atom is -0.491 e. The number of alkyl halides is 3. The van der Waals surface area contributed by atoms with Crippen LogP contribution in [0.2, 0.25) is 0 Å². The number of hydrogen-bond acceptors (Lipinski definition) is 8. The van der Waals surface area contributed by atoms with Gasteiger partial charge in [-0.3, -0.25) is 14.4 Å². The van der Waals surface area contributed by atoms with Gasteiger partial charge in [0.25, 0.3) is 5.91 Å². The van der Waals surface area contributed by atoms with Crippen LogP contribution >= 0.6 is 11.3 Å². The minimum absolute atomic E-state index is 0.0245. The maximum absolute atomic E-state index is 13.3. The third-order valence-electron chi connectivity index (χ3n) is 6.02. The Morgan fingerprint density at radius 1 is 1.27 bits per heavy atom. The second kappa shape index (κ2) is 12.0. The Kier molecular flexibility index (Phi) is 9.42. The molecule has 0 unspecified atom stereocenters. The van der Waals surface area contributed by atoms with E-state index in [9.17, 15) is 26.4 Å². The molecule has 3 rings (SSSR count). The van der Waals surface area contributed by atoms with E-state index >= 15 is 0 Å². The zero-order chi connectivity index (χ0) is 27.4. The van der Waals surface area contributed by atoms with Gasteiger partial charge >= 0.3 is 6.18 Å². The third kappa shape index (κ3) is 8.28. The van der Waals surface area contributed by atoms with E-state index < -0.39 is 27.9 Å². The molecule has 1 aromatic heterocycles. The standard InChI is InChI=1S/C23H31F3N4O5S2/c1-15-10-30(12-21-27-7-8-36-21)16(2)13-35-19-6-5-17(28-37(32,33)14-23(24,25)26)9-18(19)22(31)29(3)11-20(15)34-4/h5-9,15-16,20,28H,10-14H2,1-4H3/t15-,16-,20-/m1/s1. The highest BCUT2D eigenvalue weighted by Gasteiger charge is 2.35. The predicted octanol–water partition coefficient (Wildman–Crippen LogP) is 3.45. The molecule has 1 aromatic carbocycles. The summed E-state index contributed by atoms with van der Waals surface area (Å²) in [6.45, 7) is 5.73. The number of sulfonamides is 1. The van der Waals surface area contributed by atoms with Gasteiger partial charge in [-0.25, -0.2) is 13.4 Å². The Hall–Kier alpha value is -2.42. The number of ether oxygens (including phenoxy) is 2. The molecule has 1 aliphatic rings. The SMILES string of the molecule is CO[C@@H]1CN(C)C(=O)c2cc(NS(=O)(=O)CC(F)(F)F)ccc2OC[C@@H](C)N(Cc2nccs2)C[C@H]1C. The van der Waals surface area contributed by atoms with Crippen LogP contribution in [0.15, 0.2) is 29.8 Å². The molecular weight excluding hydrogens is 533 g/mol. The molecule has 9 nitrogen and oxygen atoms in total. The van der Waals surface area contributed by atoms with Crippen LogP contribution in [0.25, 0.3) is 0 Å². The van der Waals surface area contributed by atoms with Crippen LogP contribution in [0.5, 0.6) is 5.75 Å². The van der Waals surface area contributed by atoms with Crippen molar-refractivity contribution in [2.75, 3.05) is 44.3 Å². The molecule has 1 N–H and O–H groups in total. The number of carbonyl (C=O) groups excluding carboxylic acids is 1. The average Bonchev–Trinajstić information content (AvgIpc) is 3.31. The van der Waals surface area contributed by atoms with Gasteiger partial charge in [-0.05, 0) is 31.0 Å². The number of fused-ring (bicyclic) bond motifs is 1. The highest BCUT2D eigenvalue weighted by Crippen LogP contribution is 2.28. The smallest absolute Gasteiger partial charge is 0.404 e. The average molecular weight is 565 g/mol. The van der Waals surface area contributed by atoms with Crippen molar-refractivity contribution in [2.24, 2.45) is 5.92 Å². The molecule has 0 saturated heterocycles. The molecule has 1 amide bonds. The molecule has 0 saturated carbocycles. The zero-order valence-electron chi connectivity index (χ0n) is 21.0. The summed E-state index contributed by atoms with van der Waals surface area (Å²) >= 11 is 1.55. The fraction of sp³-hybridized carbons (Fsp3) is 0.565. The van der Waals surface area contributed by atoms with E-state index in [4.69, 9.17) is 9.47 Å². The summed E-state index contributed by atoms with van der Waals surface area (Å²) in [7, 11) is -1.57. The van der Waals surface area contributed by atoms with E-state index in [1.807, 2.05) is 23.9 Å². The van der Waals surface area contributed by atoms with Crippen molar-refractivity contribution < 1.29 is 35.9 Å². The number of nitrogens with zero attached hydrogens (tertiary/aromatic N) is 3. The van der Waals surface area contributed by atoms with Crippen molar-refractivity contribution in [1.29, 1.82) is 0 Å². The molecule has 206 valence electrons. The van der Waals surface area contributed by atoms with Gasteiger partial charge in [0.1, 0.15) is 17.4 Å². The molecule has 0 radical (unpaired) electrons. The van der Waals surface area contributed by atoms with Crippen LogP contribution in [-0.4, -0.2) is 87.0 Å². The summed E-state index contributed by atoms with van der Waals surface area (Å²) in [5.74, 6) is -2.29. The quantitative estimate of drug-likeness (QED) is 0.574. The molecule has 1 aliphatic heterocycles. The van der Waals surface area contributed by atoms with Crippen molar-refractivity contribution >= 4 is 33.0 Å². The number of benzene rings is 1. The topological polar surface area (TPSA) is 101 Å². The van der Waals surface area contributed by atoms with Gasteiger partial charge in [-0.1, -0.05) is 6.92 Å². The first kappa shape index (κ1) is 29.1. The van der Waals surface area contributed by atoms with Crippen molar-refractivity contribution in [3.05, 3.63) is 40.3 Å². The van der Waals surface area contributed by atoms with E-state index in [0.29, 0.717) is 13.1 Å². The van der Waals surface area contributed by atoms with Crippen LogP contribution in [-0.2, 0) is 21.3 Å². The van der Waals surface area contributed by atoms with Gasteiger partial charge in [-0.2, -0.15) is 13.2 Å². The van der Waals surface area contributed by atoms with E-state index in [2.05, 4.69) is 9.88 Å². The predicted molar refractivity (Wildman–Crippen MR) is 134 cm³/mol. The van der Waals surface area contributed by atoms with Crippen molar-refractivity contribution in [3.8, 4) is 5.75 Å². The first-order valence-electron chi connectivity index (χ1n) is 11.5. The normalized spacial score (nSPS) is 22.5. The van der Waals surface area contributed by atoms with E-state index in [1.54, 1.807) is 31.7 Å². The molecule has 0 aliphatic carbocycles. The van der Waals surface area contributed by atoms with Gasteiger partial charge in [0, 0.05) is 50.6 Å². The third-order valence-corrected chi connectivity index (χ3v) is 8.04. The fourth-order valence-electron chi connectivity index (χ4n) is 4.07. The van der Waals surface area contributed by atoms with Gasteiger partial charge in [0.2, 0.25) is 10.0 Å². The number of amides is 1. The second-order valence-electron chi connectivity index (χ2n) is 9.14. The molecule has 0 fully saturated rings. The lowest BCUT2D eigenvalue weighted by molar-refractivity contribution is -0.106. The molecule has 2 aromatic rings. The molecule has 37 heavy (non-hydrogen) atoms. The first-order valence-corrected chi connectivity index (χ1v) is 14.1. The fourth-order valence-corrected chi connectivity index (χ4v) is 5.70. The Balaban J connectivity index is 1.93. The largest absolute Gasteiger partial charge is 0.491 e. The number of nitrogens with one attached hydrogen (secondary N) is 1. The van der Waals surface area contributed by atoms with Crippen molar-refractivity contribution in [1.82, 2.24) is 14.8 Å². The number of methoxy groups -OCH3 is 1. The number of halogens is 3. The number of rotatable bonds is 6. The van der Waals surface area contributed by atoms with Crippen LogP contribution in [0.1, 0.15) is 29.2 Å². The first-order chi connectivity index (χ1) is 17.3. The Morgan fingerprint density at radius 3 is 2.62 bits per heavy atom. The molecule has 14 heteroatoms. The Bertz CT molecular complexity index is 1160. The zero-order valence-corrected chi connectivity index (χ0v) is 22.6. The lowest BCUT2D eigenvalue weighted by Gasteiger charge is -2.35. The molecule has 0 spiro atoms. The monoisotopic (exact) mass is 564 g/mol. The molecule has 3 atom stereocenters. The van der Waals surface area contributed by atoms with Gasteiger partial charge in [0.05, 0.1) is 18.2 Å². The number of likely N-dealkylation sites (N-methyl/N-ethyl adjacent to an activating group) is 1. The summed E-state index contributed by atoms with van der Waals surface area (Å²) in [6.07, 6.45) is -3.47. The number of carbonyl (C=O) groups is 1. The molecule has 0 bridgehead atoms. The maximum atomic E-state index is 13.3. The Labute approximate surface area is 218 Å². The Morgan fingerprint density at radius 2 is 2.00 bits per heavy atom. The number of anilines is 1. The number of aromatic nitrogens is 1. The van der Waals surface area contributed by atoms with Gasteiger partial charge in [0.15, 0.2) is 5.75 Å². The summed E-state index contributed by atoms with van der Waals surface area (Å²) in [5, 5.41) is 2.86. The van der Waals surface area contributed by atoms with E-state index in [-0.39, 0.29) is 48.2 Å². The van der Waals surface area contributed by atoms with Crippen LogP contribution in [0, 0.1) is 5.92 Å². The van der Waals surface area contributed by atoms with Crippen LogP contribution in [0.4, 0.5) is 18.9 Å². The second-order valence-corrected chi connectivity index (χ2v) is 11.8. The van der Waals surface area contributed by atoms with Crippen LogP contribution < -0.4 is 9.46 Å². The highest BCUT2D eigenvalue weighted by molar-refractivity contribution is 7.92. The lowest BCUT2D eigenvalue weighted by atomic mass is 10.0. The molecular formula is C23H31F3N4O5S2. The van der Waals surface area contributed by atoms with Crippen molar-refractivity contribution in [2.45, 2.75) is 38.7 Å². The highest BCUT2D eigenvalue weighted by atomic mass is 32.2. The summed E-state index contributed by atoms with van der Waals surface area (Å²) < 4.78 is 75.6. The summed E-state index contributed by atoms with van der Waals surface area (Å²) in [4.78, 5) is 21.4. The maximum Gasteiger partial charge on any atom is 0.404 e. The van der Waals surface area contributed by atoms with Crippen LogP contribution in [0.3, 0.4) is 0 Å². The summed E-state index contributed by atoms with van der Waals surface area (Å²) in [6, 6.07) is 3.75. The van der Waals surface area contributed by atoms with Gasteiger partial charge < -0.3 is 14.4 Å². The van der Waals surface area contributed by atoms with Gasteiger partial charge in [-0.15, -0.1) is 11.3 Å². The van der Waals surface area contributed by atoms with E-state index in [0.717, 1.165) is 5.01 Å².